The summed E-state index contributed by atoms with van der Waals surface area (Å²) in [7, 11) is 0. The maximum absolute atomic E-state index is 12.8. The number of esters is 3. The molecule has 61 heavy (non-hydrogen) atoms. The van der Waals surface area contributed by atoms with E-state index in [0.29, 0.717) is 19.3 Å². The number of hydrogen-bond donors (Lipinski definition) is 0. The van der Waals surface area contributed by atoms with Gasteiger partial charge in [0.15, 0.2) is 6.10 Å². The summed E-state index contributed by atoms with van der Waals surface area (Å²) in [6, 6.07) is 0. The van der Waals surface area contributed by atoms with Gasteiger partial charge in [-0.2, -0.15) is 0 Å². The molecule has 0 saturated carbocycles. The van der Waals surface area contributed by atoms with Crippen LogP contribution in [0.2, 0.25) is 0 Å². The fraction of sp³-hybridized carbons (Fsp3) is 0.800. The third-order valence-electron chi connectivity index (χ3n) is 11.3. The third-order valence-corrected chi connectivity index (χ3v) is 11.3. The van der Waals surface area contributed by atoms with Crippen molar-refractivity contribution >= 4 is 17.9 Å². The smallest absolute Gasteiger partial charge is 0.306 e. The molecule has 0 amide bonds. The van der Waals surface area contributed by atoms with Gasteiger partial charge < -0.3 is 14.2 Å². The Morgan fingerprint density at radius 1 is 0.328 bits per heavy atom. The highest BCUT2D eigenvalue weighted by Crippen LogP contribution is 2.14. The second-order valence-corrected chi connectivity index (χ2v) is 17.4. The van der Waals surface area contributed by atoms with Gasteiger partial charge in [0.25, 0.3) is 0 Å². The summed E-state index contributed by atoms with van der Waals surface area (Å²) in [5.41, 5.74) is 0. The van der Waals surface area contributed by atoms with E-state index in [1.165, 1.54) is 128 Å². The van der Waals surface area contributed by atoms with Crippen LogP contribution < -0.4 is 0 Å². The van der Waals surface area contributed by atoms with E-state index in [-0.39, 0.29) is 31.1 Å². The largest absolute Gasteiger partial charge is 0.462 e. The Labute approximate surface area is 378 Å². The van der Waals surface area contributed by atoms with Crippen molar-refractivity contribution in [1.29, 1.82) is 0 Å². The molecule has 6 nitrogen and oxygen atoms in total. The molecule has 0 saturated heterocycles. The lowest BCUT2D eigenvalue weighted by molar-refractivity contribution is -0.167. The van der Waals surface area contributed by atoms with Crippen LogP contribution in [0.3, 0.4) is 0 Å². The average Bonchev–Trinajstić information content (AvgIpc) is 3.26. The summed E-state index contributed by atoms with van der Waals surface area (Å²) in [6.07, 6.45) is 59.5. The lowest BCUT2D eigenvalue weighted by Gasteiger charge is -2.18. The van der Waals surface area contributed by atoms with Gasteiger partial charge in [-0.15, -0.1) is 0 Å². The molecule has 1 atom stereocenters. The molecular weight excluding hydrogens is 757 g/mol. The Hall–Kier alpha value is -2.63. The summed E-state index contributed by atoms with van der Waals surface area (Å²) >= 11 is 0. The van der Waals surface area contributed by atoms with Crippen LogP contribution in [0.1, 0.15) is 265 Å². The first-order valence-electron chi connectivity index (χ1n) is 26.1. The van der Waals surface area contributed by atoms with Gasteiger partial charge in [-0.25, -0.2) is 0 Å². The van der Waals surface area contributed by atoms with Crippen LogP contribution in [-0.4, -0.2) is 37.2 Å². The van der Waals surface area contributed by atoms with Crippen LogP contribution in [-0.2, 0) is 28.6 Å². The summed E-state index contributed by atoms with van der Waals surface area (Å²) in [4.78, 5) is 37.9. The fourth-order valence-electron chi connectivity index (χ4n) is 7.33. The Morgan fingerprint density at radius 2 is 0.590 bits per heavy atom. The minimum absolute atomic E-state index is 0.0795. The number of carbonyl (C=O) groups is 3. The Kier molecular flexibility index (Phi) is 47.9. The second-order valence-electron chi connectivity index (χ2n) is 17.4. The van der Waals surface area contributed by atoms with Gasteiger partial charge in [-0.05, 0) is 83.5 Å². The van der Waals surface area contributed by atoms with Crippen molar-refractivity contribution in [2.45, 2.75) is 271 Å². The monoisotopic (exact) mass is 855 g/mol. The van der Waals surface area contributed by atoms with Gasteiger partial charge >= 0.3 is 17.9 Å². The van der Waals surface area contributed by atoms with Crippen molar-refractivity contribution in [2.24, 2.45) is 0 Å². The van der Waals surface area contributed by atoms with Crippen LogP contribution in [0, 0.1) is 0 Å². The van der Waals surface area contributed by atoms with Crippen molar-refractivity contribution in [3.63, 3.8) is 0 Å². The zero-order valence-electron chi connectivity index (χ0n) is 40.4. The van der Waals surface area contributed by atoms with Crippen LogP contribution in [0.25, 0.3) is 0 Å². The van der Waals surface area contributed by atoms with Crippen LogP contribution in [0.5, 0.6) is 0 Å². The number of allylic oxidation sites excluding steroid dienone is 8. The maximum atomic E-state index is 12.8. The van der Waals surface area contributed by atoms with Crippen molar-refractivity contribution in [1.82, 2.24) is 0 Å². The van der Waals surface area contributed by atoms with Crippen molar-refractivity contribution < 1.29 is 28.6 Å². The number of carbonyl (C=O) groups excluding carboxylic acids is 3. The summed E-state index contributed by atoms with van der Waals surface area (Å²) in [5.74, 6) is -0.896. The zero-order chi connectivity index (χ0) is 44.4. The Balaban J connectivity index is 4.37. The first kappa shape index (κ1) is 58.4. The normalized spacial score (nSPS) is 12.4. The number of rotatable bonds is 47. The molecule has 0 radical (unpaired) electrons. The molecule has 0 aliphatic carbocycles. The van der Waals surface area contributed by atoms with Crippen LogP contribution in [0.4, 0.5) is 0 Å². The molecular formula is C55H98O6. The molecule has 0 spiro atoms. The van der Waals surface area contributed by atoms with Crippen LogP contribution >= 0.6 is 0 Å². The Bertz CT molecular complexity index is 1070. The van der Waals surface area contributed by atoms with Crippen molar-refractivity contribution in [2.75, 3.05) is 13.2 Å². The van der Waals surface area contributed by atoms with E-state index < -0.39 is 6.10 Å². The number of unbranched alkanes of at least 4 members (excludes halogenated alkanes) is 28. The lowest BCUT2D eigenvalue weighted by atomic mass is 10.1. The summed E-state index contributed by atoms with van der Waals surface area (Å²) in [5, 5.41) is 0. The summed E-state index contributed by atoms with van der Waals surface area (Å²) < 4.78 is 16.8. The molecule has 0 aromatic carbocycles. The molecule has 354 valence electrons. The highest BCUT2D eigenvalue weighted by molar-refractivity contribution is 5.71. The standard InChI is InChI=1S/C55H98O6/c1-4-7-10-13-16-19-22-24-26-28-30-31-33-36-39-42-45-48-54(57)60-51-52(50-59-53(56)47-44-41-38-35-21-18-15-12-9-6-3)61-55(58)49-46-43-40-37-34-32-29-27-25-23-20-17-14-11-8-5-2/h16,19-20,23-24,26-27,29,52H,4-15,17-18,21-22,25,28,30-51H2,1-3H3/b19-16-,23-20-,26-24-,29-27-. The van der Waals surface area contributed by atoms with Gasteiger partial charge in [0.1, 0.15) is 13.2 Å². The molecule has 0 heterocycles. The SMILES string of the molecule is CCCCC/C=C\C/C=C\CCCCCCCCCC(=O)OCC(COC(=O)CCCCCCCCCCCC)OC(=O)CCCCCCC/C=C\C/C=C\CCCCCC. The van der Waals surface area contributed by atoms with E-state index in [0.717, 1.165) is 96.3 Å². The maximum Gasteiger partial charge on any atom is 0.306 e. The van der Waals surface area contributed by atoms with Crippen molar-refractivity contribution in [3.8, 4) is 0 Å². The van der Waals surface area contributed by atoms with Gasteiger partial charge in [0, 0.05) is 19.3 Å². The molecule has 0 bridgehead atoms. The molecule has 0 N–H and O–H groups in total. The molecule has 0 aliphatic heterocycles. The van der Waals surface area contributed by atoms with Gasteiger partial charge in [-0.1, -0.05) is 211 Å². The van der Waals surface area contributed by atoms with Gasteiger partial charge in [0.05, 0.1) is 0 Å². The van der Waals surface area contributed by atoms with E-state index in [1.54, 1.807) is 0 Å². The topological polar surface area (TPSA) is 78.9 Å². The highest BCUT2D eigenvalue weighted by atomic mass is 16.6. The quantitative estimate of drug-likeness (QED) is 0.0263. The van der Waals surface area contributed by atoms with Crippen molar-refractivity contribution in [3.05, 3.63) is 48.6 Å². The molecule has 0 aromatic heterocycles. The highest BCUT2D eigenvalue weighted by Gasteiger charge is 2.19. The first-order chi connectivity index (χ1) is 30.0. The second kappa shape index (κ2) is 50.0. The summed E-state index contributed by atoms with van der Waals surface area (Å²) in [6.45, 7) is 6.58. The lowest BCUT2D eigenvalue weighted by Crippen LogP contribution is -2.30. The minimum atomic E-state index is -0.780. The minimum Gasteiger partial charge on any atom is -0.462 e. The van der Waals surface area contributed by atoms with E-state index in [4.69, 9.17) is 14.2 Å². The molecule has 6 heteroatoms. The van der Waals surface area contributed by atoms with E-state index in [2.05, 4.69) is 69.4 Å². The van der Waals surface area contributed by atoms with E-state index in [1.807, 2.05) is 0 Å². The molecule has 0 fully saturated rings. The fourth-order valence-corrected chi connectivity index (χ4v) is 7.33. The van der Waals surface area contributed by atoms with Crippen LogP contribution in [0.15, 0.2) is 48.6 Å². The first-order valence-corrected chi connectivity index (χ1v) is 26.1. The van der Waals surface area contributed by atoms with Gasteiger partial charge in [0.2, 0.25) is 0 Å². The van der Waals surface area contributed by atoms with E-state index in [9.17, 15) is 14.4 Å². The average molecular weight is 855 g/mol. The molecule has 1 unspecified atom stereocenters. The number of hydrogen-bond acceptors (Lipinski definition) is 6. The third kappa shape index (κ3) is 48.3. The Morgan fingerprint density at radius 3 is 0.951 bits per heavy atom. The van der Waals surface area contributed by atoms with E-state index >= 15 is 0 Å². The zero-order valence-corrected chi connectivity index (χ0v) is 40.4. The molecule has 0 rings (SSSR count). The number of ether oxygens (including phenoxy) is 3. The predicted octanol–water partition coefficient (Wildman–Crippen LogP) is 17.1. The molecule has 0 aliphatic rings. The molecule has 0 aromatic rings. The predicted molar refractivity (Wildman–Crippen MR) is 261 cm³/mol. The van der Waals surface area contributed by atoms with Gasteiger partial charge in [-0.3, -0.25) is 14.4 Å².